The standard InChI is InChI=1S/C25H29N3O5S3/c1-16-6-4-5-7-18(16)20-14-17(15-27-24(36(3,32)33)23-26-11-13-35-23)8-9-19(20)22(29)28-21(25(30)31)10-12-34-2/h4-9,11,13-14,21,24,27H,10,12,15H2,1-3H3,(H,28,29)(H,30,31)/t21-,24?/m0/s1. The summed E-state index contributed by atoms with van der Waals surface area (Å²) in [7, 11) is -3.46. The van der Waals surface area contributed by atoms with Crippen LogP contribution >= 0.6 is 23.1 Å². The third-order valence-corrected chi connectivity index (χ3v) is 8.45. The van der Waals surface area contributed by atoms with Gasteiger partial charge in [0.05, 0.1) is 0 Å². The number of benzene rings is 2. The van der Waals surface area contributed by atoms with Gasteiger partial charge in [-0.05, 0) is 59.7 Å². The van der Waals surface area contributed by atoms with Crippen LogP contribution in [-0.4, -0.2) is 54.7 Å². The monoisotopic (exact) mass is 547 g/mol. The van der Waals surface area contributed by atoms with E-state index in [0.29, 0.717) is 28.3 Å². The minimum Gasteiger partial charge on any atom is -0.480 e. The number of sulfone groups is 1. The number of aliphatic carboxylic acids is 1. The number of nitrogens with zero attached hydrogens (tertiary/aromatic N) is 1. The Bertz CT molecular complexity index is 1310. The molecule has 2 aromatic carbocycles. The number of aryl methyl sites for hydroxylation is 1. The Labute approximate surface area is 219 Å². The second kappa shape index (κ2) is 12.5. The number of carboxylic acid groups (broad SMARTS) is 1. The lowest BCUT2D eigenvalue weighted by Gasteiger charge is -2.19. The van der Waals surface area contributed by atoms with Crippen LogP contribution in [0.3, 0.4) is 0 Å². The minimum atomic E-state index is -3.46. The zero-order valence-electron chi connectivity index (χ0n) is 20.2. The predicted molar refractivity (Wildman–Crippen MR) is 145 cm³/mol. The fourth-order valence-electron chi connectivity index (χ4n) is 3.72. The molecule has 3 N–H and O–H groups in total. The van der Waals surface area contributed by atoms with E-state index in [1.807, 2.05) is 43.5 Å². The van der Waals surface area contributed by atoms with Crippen molar-refractivity contribution in [1.82, 2.24) is 15.6 Å². The number of thioether (sulfide) groups is 1. The van der Waals surface area contributed by atoms with Crippen LogP contribution in [0, 0.1) is 6.92 Å². The molecule has 0 aliphatic carbocycles. The molecule has 0 aliphatic rings. The first-order valence-electron chi connectivity index (χ1n) is 11.1. The summed E-state index contributed by atoms with van der Waals surface area (Å²) in [6.45, 7) is 2.16. The van der Waals surface area contributed by atoms with Gasteiger partial charge in [0.15, 0.2) is 15.2 Å². The van der Waals surface area contributed by atoms with Gasteiger partial charge in [-0.2, -0.15) is 11.8 Å². The van der Waals surface area contributed by atoms with Gasteiger partial charge >= 0.3 is 5.97 Å². The van der Waals surface area contributed by atoms with Crippen LogP contribution in [0.4, 0.5) is 0 Å². The number of thiazole rings is 1. The lowest BCUT2D eigenvalue weighted by molar-refractivity contribution is -0.139. The summed E-state index contributed by atoms with van der Waals surface area (Å²) in [5.41, 5.74) is 3.55. The highest BCUT2D eigenvalue weighted by atomic mass is 32.2. The van der Waals surface area contributed by atoms with Gasteiger partial charge in [0.1, 0.15) is 11.0 Å². The summed E-state index contributed by atoms with van der Waals surface area (Å²) < 4.78 is 24.7. The van der Waals surface area contributed by atoms with E-state index in [-0.39, 0.29) is 6.54 Å². The van der Waals surface area contributed by atoms with Crippen LogP contribution in [0.1, 0.15) is 38.3 Å². The molecule has 0 spiro atoms. The van der Waals surface area contributed by atoms with E-state index < -0.39 is 33.1 Å². The van der Waals surface area contributed by atoms with Crippen molar-refractivity contribution in [3.8, 4) is 11.1 Å². The summed E-state index contributed by atoms with van der Waals surface area (Å²) in [6, 6.07) is 11.8. The molecular weight excluding hydrogens is 518 g/mol. The lowest BCUT2D eigenvalue weighted by Crippen LogP contribution is -2.41. The molecule has 11 heteroatoms. The van der Waals surface area contributed by atoms with Crippen LogP contribution < -0.4 is 10.6 Å². The van der Waals surface area contributed by atoms with Gasteiger partial charge in [-0.15, -0.1) is 11.3 Å². The number of nitrogens with one attached hydrogen (secondary N) is 2. The summed E-state index contributed by atoms with van der Waals surface area (Å²) in [6.07, 6.45) is 4.92. The molecule has 1 unspecified atom stereocenters. The highest BCUT2D eigenvalue weighted by Crippen LogP contribution is 2.29. The maximum Gasteiger partial charge on any atom is 0.326 e. The average molecular weight is 548 g/mol. The van der Waals surface area contributed by atoms with Crippen molar-refractivity contribution in [1.29, 1.82) is 0 Å². The van der Waals surface area contributed by atoms with E-state index in [4.69, 9.17) is 0 Å². The molecule has 0 radical (unpaired) electrons. The summed E-state index contributed by atoms with van der Waals surface area (Å²) in [5, 5.41) is 16.5. The van der Waals surface area contributed by atoms with Crippen LogP contribution in [0.5, 0.6) is 0 Å². The Kier molecular flexibility index (Phi) is 9.66. The molecule has 0 saturated heterocycles. The molecule has 3 rings (SSSR count). The van der Waals surface area contributed by atoms with E-state index in [1.54, 1.807) is 23.7 Å². The fraction of sp³-hybridized carbons (Fsp3) is 0.320. The summed E-state index contributed by atoms with van der Waals surface area (Å²) >= 11 is 2.77. The van der Waals surface area contributed by atoms with Gasteiger partial charge in [-0.1, -0.05) is 30.3 Å². The molecule has 192 valence electrons. The van der Waals surface area contributed by atoms with Crippen LogP contribution in [-0.2, 0) is 21.2 Å². The van der Waals surface area contributed by atoms with Crippen molar-refractivity contribution in [2.45, 2.75) is 31.3 Å². The molecular formula is C25H29N3O5S3. The number of hydrogen-bond acceptors (Lipinski definition) is 8. The van der Waals surface area contributed by atoms with Crippen LogP contribution in [0.2, 0.25) is 0 Å². The Morgan fingerprint density at radius 1 is 1.17 bits per heavy atom. The predicted octanol–water partition coefficient (Wildman–Crippen LogP) is 3.89. The van der Waals surface area contributed by atoms with Gasteiger partial charge in [0.2, 0.25) is 0 Å². The highest BCUT2D eigenvalue weighted by molar-refractivity contribution is 7.98. The molecule has 0 saturated carbocycles. The maximum atomic E-state index is 13.2. The fourth-order valence-corrected chi connectivity index (χ4v) is 6.29. The number of carbonyl (C=O) groups excluding carboxylic acids is 1. The largest absolute Gasteiger partial charge is 0.480 e. The van der Waals surface area contributed by atoms with Crippen LogP contribution in [0.15, 0.2) is 54.0 Å². The smallest absolute Gasteiger partial charge is 0.326 e. The molecule has 0 aliphatic heterocycles. The van der Waals surface area contributed by atoms with Gasteiger partial charge < -0.3 is 10.4 Å². The normalized spacial score (nSPS) is 13.2. The molecule has 3 aromatic rings. The number of hydrogen-bond donors (Lipinski definition) is 3. The van der Waals surface area contributed by atoms with Crippen molar-refractivity contribution in [2.24, 2.45) is 0 Å². The summed E-state index contributed by atoms with van der Waals surface area (Å²) in [4.78, 5) is 29.0. The Morgan fingerprint density at radius 3 is 2.53 bits per heavy atom. The number of carboxylic acids is 1. The first-order chi connectivity index (χ1) is 17.1. The van der Waals surface area contributed by atoms with E-state index >= 15 is 0 Å². The van der Waals surface area contributed by atoms with E-state index in [1.165, 1.54) is 23.1 Å². The molecule has 0 bridgehead atoms. The third kappa shape index (κ3) is 7.16. The molecule has 0 fully saturated rings. The highest BCUT2D eigenvalue weighted by Gasteiger charge is 2.26. The van der Waals surface area contributed by atoms with E-state index in [2.05, 4.69) is 15.6 Å². The Morgan fingerprint density at radius 2 is 1.92 bits per heavy atom. The second-order valence-electron chi connectivity index (χ2n) is 8.30. The Hall–Kier alpha value is -2.73. The van der Waals surface area contributed by atoms with Crippen molar-refractivity contribution in [3.63, 3.8) is 0 Å². The number of aromatic nitrogens is 1. The van der Waals surface area contributed by atoms with Gasteiger partial charge in [-0.25, -0.2) is 18.2 Å². The first-order valence-corrected chi connectivity index (χ1v) is 15.4. The quantitative estimate of drug-likeness (QED) is 0.312. The number of amides is 1. The summed E-state index contributed by atoms with van der Waals surface area (Å²) in [5.74, 6) is -0.949. The number of rotatable bonds is 12. The average Bonchev–Trinajstić information content (AvgIpc) is 3.35. The second-order valence-corrected chi connectivity index (χ2v) is 12.3. The van der Waals surface area contributed by atoms with Crippen molar-refractivity contribution < 1.29 is 23.1 Å². The molecule has 36 heavy (non-hydrogen) atoms. The molecule has 1 aromatic heterocycles. The zero-order chi connectivity index (χ0) is 26.3. The third-order valence-electron chi connectivity index (χ3n) is 5.57. The zero-order valence-corrected chi connectivity index (χ0v) is 22.7. The lowest BCUT2D eigenvalue weighted by atomic mass is 9.93. The molecule has 1 amide bonds. The number of carbonyl (C=O) groups is 2. The van der Waals surface area contributed by atoms with Crippen LogP contribution in [0.25, 0.3) is 11.1 Å². The van der Waals surface area contributed by atoms with Gasteiger partial charge in [-0.3, -0.25) is 10.1 Å². The molecule has 1 heterocycles. The maximum absolute atomic E-state index is 13.2. The van der Waals surface area contributed by atoms with Gasteiger partial charge in [0, 0.05) is 29.9 Å². The van der Waals surface area contributed by atoms with Gasteiger partial charge in [0.25, 0.3) is 5.91 Å². The molecule has 2 atom stereocenters. The van der Waals surface area contributed by atoms with Crippen molar-refractivity contribution >= 4 is 44.8 Å². The van der Waals surface area contributed by atoms with Crippen molar-refractivity contribution in [3.05, 3.63) is 75.7 Å². The van der Waals surface area contributed by atoms with Crippen molar-refractivity contribution in [2.75, 3.05) is 18.3 Å². The Balaban J connectivity index is 1.94. The van der Waals surface area contributed by atoms with E-state index in [9.17, 15) is 23.1 Å². The van der Waals surface area contributed by atoms with E-state index in [0.717, 1.165) is 22.9 Å². The topological polar surface area (TPSA) is 125 Å². The first kappa shape index (κ1) is 27.9. The minimum absolute atomic E-state index is 0.226. The molecule has 8 nitrogen and oxygen atoms in total. The SMILES string of the molecule is CSCC[C@H](NC(=O)c1ccc(CNC(c2nccs2)S(C)(=O)=O)cc1-c1ccccc1C)C(=O)O.